The Kier molecular flexibility index (Phi) is 6.22. The highest BCUT2D eigenvalue weighted by Crippen LogP contribution is 2.32. The lowest BCUT2D eigenvalue weighted by molar-refractivity contribution is 0.000672. The number of sulfone groups is 1. The van der Waals surface area contributed by atoms with E-state index in [0.29, 0.717) is 24.8 Å². The molecule has 3 fully saturated rings. The normalized spacial score (nSPS) is 20.6. The van der Waals surface area contributed by atoms with Crippen molar-refractivity contribution in [1.29, 1.82) is 0 Å². The summed E-state index contributed by atoms with van der Waals surface area (Å²) in [7, 11) is -3.22. The van der Waals surface area contributed by atoms with Crippen LogP contribution >= 0.6 is 0 Å². The molecule has 10 heteroatoms. The second-order valence-corrected chi connectivity index (χ2v) is 11.6. The monoisotopic (exact) mass is 474 g/mol. The smallest absolute Gasteiger partial charge is 0.410 e. The van der Waals surface area contributed by atoms with Gasteiger partial charge in [-0.1, -0.05) is 12.1 Å². The van der Waals surface area contributed by atoms with Crippen molar-refractivity contribution in [3.05, 3.63) is 42.2 Å². The molecule has 2 bridgehead atoms. The van der Waals surface area contributed by atoms with Gasteiger partial charge in [0.25, 0.3) is 0 Å². The molecule has 3 aliphatic heterocycles. The van der Waals surface area contributed by atoms with Gasteiger partial charge in [0.2, 0.25) is 5.95 Å². The van der Waals surface area contributed by atoms with Crippen LogP contribution in [0.2, 0.25) is 0 Å². The van der Waals surface area contributed by atoms with Gasteiger partial charge in [0.05, 0.1) is 23.3 Å². The van der Waals surface area contributed by atoms with Gasteiger partial charge >= 0.3 is 6.09 Å². The minimum absolute atomic E-state index is 0.0827. The van der Waals surface area contributed by atoms with Crippen molar-refractivity contribution in [2.75, 3.05) is 24.2 Å². The van der Waals surface area contributed by atoms with Crippen molar-refractivity contribution in [2.24, 2.45) is 0 Å². The zero-order valence-electron chi connectivity index (χ0n) is 19.4. The van der Waals surface area contributed by atoms with Crippen molar-refractivity contribution in [2.45, 2.75) is 62.8 Å². The number of piperazine rings is 1. The maximum atomic E-state index is 12.6. The summed E-state index contributed by atoms with van der Waals surface area (Å²) >= 11 is 0. The van der Waals surface area contributed by atoms with Gasteiger partial charge in [0.1, 0.15) is 12.2 Å². The summed E-state index contributed by atoms with van der Waals surface area (Å²) in [4.78, 5) is 25.8. The van der Waals surface area contributed by atoms with Crippen LogP contribution in [-0.2, 0) is 21.2 Å². The van der Waals surface area contributed by atoms with Crippen LogP contribution in [0.3, 0.4) is 0 Å². The number of aromatic nitrogens is 2. The fraction of sp³-hybridized carbons (Fsp3) is 0.522. The van der Waals surface area contributed by atoms with E-state index < -0.39 is 15.4 Å². The lowest BCUT2D eigenvalue weighted by atomic mass is 9.91. The summed E-state index contributed by atoms with van der Waals surface area (Å²) in [5, 5.41) is 0. The number of piperidine rings is 2. The van der Waals surface area contributed by atoms with E-state index in [1.54, 1.807) is 36.7 Å². The van der Waals surface area contributed by atoms with Crippen LogP contribution < -0.4 is 9.64 Å². The predicted molar refractivity (Wildman–Crippen MR) is 123 cm³/mol. The Morgan fingerprint density at radius 3 is 2.24 bits per heavy atom. The minimum atomic E-state index is -3.22. The molecule has 0 radical (unpaired) electrons. The van der Waals surface area contributed by atoms with Crippen LogP contribution in [0.25, 0.3) is 0 Å². The predicted octanol–water partition coefficient (Wildman–Crippen LogP) is 3.05. The van der Waals surface area contributed by atoms with E-state index in [0.717, 1.165) is 18.4 Å². The first-order valence-electron chi connectivity index (χ1n) is 11.0. The second-order valence-electron chi connectivity index (χ2n) is 9.59. The molecule has 0 unspecified atom stereocenters. The molecule has 4 heterocycles. The first-order chi connectivity index (χ1) is 15.5. The maximum Gasteiger partial charge on any atom is 0.410 e. The molecule has 0 saturated carbocycles. The number of rotatable bonds is 5. The molecule has 3 saturated heterocycles. The van der Waals surface area contributed by atoms with Gasteiger partial charge in [0, 0.05) is 25.4 Å². The third-order valence-electron chi connectivity index (χ3n) is 5.79. The van der Waals surface area contributed by atoms with Crippen LogP contribution in [-0.4, -0.2) is 66.4 Å². The van der Waals surface area contributed by atoms with Gasteiger partial charge in [-0.25, -0.2) is 23.2 Å². The molecule has 0 spiro atoms. The Morgan fingerprint density at radius 2 is 1.70 bits per heavy atom. The number of anilines is 1. The van der Waals surface area contributed by atoms with Crippen molar-refractivity contribution in [3.8, 4) is 5.75 Å². The van der Waals surface area contributed by atoms with E-state index in [-0.39, 0.29) is 29.7 Å². The van der Waals surface area contributed by atoms with Gasteiger partial charge in [0.15, 0.2) is 15.6 Å². The lowest BCUT2D eigenvalue weighted by Gasteiger charge is -2.51. The number of nitrogens with zero attached hydrogens (tertiary/aromatic N) is 4. The molecule has 178 valence electrons. The summed E-state index contributed by atoms with van der Waals surface area (Å²) in [6.45, 7) is 7.19. The third kappa shape index (κ3) is 5.55. The minimum Gasteiger partial charge on any atom is -0.486 e. The molecule has 3 aliphatic rings. The zero-order valence-corrected chi connectivity index (χ0v) is 20.2. The number of hydrogen-bond acceptors (Lipinski definition) is 8. The zero-order chi connectivity index (χ0) is 23.8. The summed E-state index contributed by atoms with van der Waals surface area (Å²) in [6, 6.07) is 6.83. The first-order valence-corrected chi connectivity index (χ1v) is 12.9. The van der Waals surface area contributed by atoms with Crippen molar-refractivity contribution in [1.82, 2.24) is 14.9 Å². The van der Waals surface area contributed by atoms with E-state index in [2.05, 4.69) is 14.9 Å². The molecule has 2 atom stereocenters. The lowest BCUT2D eigenvalue weighted by Crippen LogP contribution is -2.64. The summed E-state index contributed by atoms with van der Waals surface area (Å²) in [5.41, 5.74) is 0.337. The number of carbonyl (C=O) groups excluding carboxylic acids is 1. The van der Waals surface area contributed by atoms with Crippen LogP contribution in [0, 0.1) is 0 Å². The van der Waals surface area contributed by atoms with Crippen LogP contribution in [0.5, 0.6) is 5.75 Å². The summed E-state index contributed by atoms with van der Waals surface area (Å²) in [5.74, 6) is 1.15. The van der Waals surface area contributed by atoms with Gasteiger partial charge in [-0.3, -0.25) is 0 Å². The van der Waals surface area contributed by atoms with E-state index in [4.69, 9.17) is 9.47 Å². The number of hydrogen-bond donors (Lipinski definition) is 0. The Morgan fingerprint density at radius 1 is 1.06 bits per heavy atom. The summed E-state index contributed by atoms with van der Waals surface area (Å²) in [6.07, 6.45) is 6.13. The highest BCUT2D eigenvalue weighted by atomic mass is 32.2. The maximum absolute atomic E-state index is 12.6. The number of ether oxygens (including phenoxy) is 2. The second kappa shape index (κ2) is 8.81. The molecule has 1 aromatic carbocycles. The SMILES string of the molecule is CC(C)(C)OC(=O)N1C[C@H]2CC[C@H]1CN2c1ncc(OCc2ccc(S(C)(=O)=O)cc2)cn1. The topological polar surface area (TPSA) is 102 Å². The van der Waals surface area contributed by atoms with Crippen LogP contribution in [0.15, 0.2) is 41.6 Å². The molecule has 33 heavy (non-hydrogen) atoms. The Labute approximate surface area is 194 Å². The average molecular weight is 475 g/mol. The number of carbonyl (C=O) groups is 1. The van der Waals surface area contributed by atoms with Crippen LogP contribution in [0.1, 0.15) is 39.2 Å². The fourth-order valence-corrected chi connectivity index (χ4v) is 4.78. The molecule has 2 aromatic rings. The van der Waals surface area contributed by atoms with E-state index in [9.17, 15) is 13.2 Å². The first kappa shape index (κ1) is 23.3. The Bertz CT molecular complexity index is 1100. The van der Waals surface area contributed by atoms with E-state index in [1.807, 2.05) is 25.7 Å². The Hall–Kier alpha value is -2.88. The van der Waals surface area contributed by atoms with Crippen LogP contribution in [0.4, 0.5) is 10.7 Å². The highest BCUT2D eigenvalue weighted by Gasteiger charge is 2.43. The van der Waals surface area contributed by atoms with Crippen molar-refractivity contribution in [3.63, 3.8) is 0 Å². The molecule has 1 amide bonds. The number of amides is 1. The average Bonchev–Trinajstić information content (AvgIpc) is 2.77. The van der Waals surface area contributed by atoms with Crippen molar-refractivity contribution >= 4 is 21.9 Å². The molecule has 0 aliphatic carbocycles. The van der Waals surface area contributed by atoms with E-state index in [1.165, 1.54) is 6.26 Å². The number of benzene rings is 1. The molecular formula is C23H30N4O5S. The molecule has 5 rings (SSSR count). The standard InChI is InChI=1S/C23H30N4O5S/c1-23(2,3)32-22(28)27-14-17-7-8-18(27)13-26(17)21-24-11-19(12-25-21)31-15-16-5-9-20(10-6-16)33(4,29)30/h5-6,9-12,17-18H,7-8,13-15H2,1-4H3/t17-,18+/m1/s1. The van der Waals surface area contributed by atoms with Gasteiger partial charge in [-0.15, -0.1) is 0 Å². The summed E-state index contributed by atoms with van der Waals surface area (Å²) < 4.78 is 34.4. The molecule has 9 nitrogen and oxygen atoms in total. The highest BCUT2D eigenvalue weighted by molar-refractivity contribution is 7.90. The molecule has 1 aromatic heterocycles. The van der Waals surface area contributed by atoms with Crippen molar-refractivity contribution < 1.29 is 22.7 Å². The van der Waals surface area contributed by atoms with Gasteiger partial charge < -0.3 is 19.3 Å². The quantitative estimate of drug-likeness (QED) is 0.652. The Balaban J connectivity index is 1.35. The van der Waals surface area contributed by atoms with Gasteiger partial charge in [-0.05, 0) is 51.3 Å². The largest absolute Gasteiger partial charge is 0.486 e. The molecule has 0 N–H and O–H groups in total. The molecular weight excluding hydrogens is 444 g/mol. The fourth-order valence-electron chi connectivity index (χ4n) is 4.15. The van der Waals surface area contributed by atoms with E-state index >= 15 is 0 Å². The van der Waals surface area contributed by atoms with Gasteiger partial charge in [-0.2, -0.15) is 0 Å². The number of fused-ring (bicyclic) bond motifs is 3. The third-order valence-corrected chi connectivity index (χ3v) is 6.91.